The smallest absolute Gasteiger partial charge is 0.318 e. The molecule has 3 nitrogen and oxygen atoms in total. The molecule has 68 valence electrons. The van der Waals surface area contributed by atoms with Crippen molar-refractivity contribution >= 4 is 5.97 Å². The Labute approximate surface area is 76.0 Å². The van der Waals surface area contributed by atoms with E-state index in [4.69, 9.17) is 4.74 Å². The first-order valence-electron chi connectivity index (χ1n) is 4.15. The van der Waals surface area contributed by atoms with E-state index in [-0.39, 0.29) is 17.6 Å². The molecule has 3 heteroatoms. The Morgan fingerprint density at radius 3 is 2.85 bits per heavy atom. The van der Waals surface area contributed by atoms with Gasteiger partial charge in [0.1, 0.15) is 0 Å². The summed E-state index contributed by atoms with van der Waals surface area (Å²) in [5.74, 6) is -0.148. The molecule has 1 aromatic carbocycles. The van der Waals surface area contributed by atoms with E-state index in [1.807, 2.05) is 6.07 Å². The summed E-state index contributed by atoms with van der Waals surface area (Å²) in [6, 6.07) is 3.60. The maximum Gasteiger partial charge on any atom is 0.318 e. The van der Waals surface area contributed by atoms with Crippen molar-refractivity contribution in [3.63, 3.8) is 0 Å². The number of benzene rings is 1. The Morgan fingerprint density at radius 1 is 1.46 bits per heavy atom. The third kappa shape index (κ3) is 1.00. The molecule has 0 fully saturated rings. The molecule has 1 heterocycles. The number of ether oxygens (including phenoxy) is 1. The van der Waals surface area contributed by atoms with Crippen LogP contribution in [0, 0.1) is 6.92 Å². The quantitative estimate of drug-likeness (QED) is 0.486. The van der Waals surface area contributed by atoms with Gasteiger partial charge in [0, 0.05) is 5.56 Å². The summed E-state index contributed by atoms with van der Waals surface area (Å²) in [6.07, 6.45) is 0. The summed E-state index contributed by atoms with van der Waals surface area (Å²) in [7, 11) is 0. The molecule has 1 aliphatic heterocycles. The first-order chi connectivity index (χ1) is 6.11. The number of fused-ring (bicyclic) bond motifs is 1. The molecular formula is C10H10O3. The molecule has 0 saturated carbocycles. The number of carbonyl (C=O) groups is 1. The van der Waals surface area contributed by atoms with Crippen LogP contribution in [0.2, 0.25) is 0 Å². The second-order valence-electron chi connectivity index (χ2n) is 3.29. The van der Waals surface area contributed by atoms with Crippen molar-refractivity contribution in [2.75, 3.05) is 0 Å². The Balaban J connectivity index is 2.64. The van der Waals surface area contributed by atoms with Crippen molar-refractivity contribution in [2.45, 2.75) is 19.8 Å². The van der Waals surface area contributed by atoms with Crippen molar-refractivity contribution in [1.82, 2.24) is 0 Å². The third-order valence-electron chi connectivity index (χ3n) is 2.39. The minimum atomic E-state index is -0.295. The van der Waals surface area contributed by atoms with Gasteiger partial charge in [0.2, 0.25) is 0 Å². The van der Waals surface area contributed by atoms with Crippen LogP contribution in [0.5, 0.6) is 11.5 Å². The van der Waals surface area contributed by atoms with Gasteiger partial charge < -0.3 is 9.84 Å². The van der Waals surface area contributed by atoms with Gasteiger partial charge in [-0.1, -0.05) is 12.1 Å². The van der Waals surface area contributed by atoms with Crippen LogP contribution in [-0.2, 0) is 4.79 Å². The van der Waals surface area contributed by atoms with E-state index in [1.165, 1.54) is 0 Å². The van der Waals surface area contributed by atoms with Gasteiger partial charge in [0.15, 0.2) is 11.5 Å². The molecule has 0 bridgehead atoms. The van der Waals surface area contributed by atoms with Crippen LogP contribution in [0.15, 0.2) is 12.1 Å². The lowest BCUT2D eigenvalue weighted by Gasteiger charge is -2.03. The maximum absolute atomic E-state index is 11.2. The Bertz CT molecular complexity index is 382. The standard InChI is InChI=1S/C10H10O3/c1-5-3-4-7-6(2)10(12)13-9(7)8(5)11/h3-4,6,11H,1-2H3. The van der Waals surface area contributed by atoms with Crippen LogP contribution in [0.1, 0.15) is 24.0 Å². The molecule has 0 spiro atoms. The topological polar surface area (TPSA) is 46.5 Å². The molecule has 0 saturated heterocycles. The monoisotopic (exact) mass is 178 g/mol. The molecule has 1 aromatic rings. The molecule has 0 radical (unpaired) electrons. The number of aromatic hydroxyl groups is 1. The minimum Gasteiger partial charge on any atom is -0.504 e. The average Bonchev–Trinajstić information content (AvgIpc) is 2.38. The van der Waals surface area contributed by atoms with Crippen molar-refractivity contribution in [1.29, 1.82) is 0 Å². The Hall–Kier alpha value is -1.51. The van der Waals surface area contributed by atoms with E-state index >= 15 is 0 Å². The van der Waals surface area contributed by atoms with E-state index in [2.05, 4.69) is 0 Å². The van der Waals surface area contributed by atoms with Gasteiger partial charge in [-0.15, -0.1) is 0 Å². The number of esters is 1. The summed E-state index contributed by atoms with van der Waals surface area (Å²) in [5.41, 5.74) is 1.49. The molecule has 1 N–H and O–H groups in total. The lowest BCUT2D eigenvalue weighted by atomic mass is 10.0. The second-order valence-corrected chi connectivity index (χ2v) is 3.29. The van der Waals surface area contributed by atoms with Crippen molar-refractivity contribution < 1.29 is 14.6 Å². The fourth-order valence-electron chi connectivity index (χ4n) is 1.45. The fourth-order valence-corrected chi connectivity index (χ4v) is 1.45. The van der Waals surface area contributed by atoms with Crippen molar-refractivity contribution in [3.05, 3.63) is 23.3 Å². The highest BCUT2D eigenvalue weighted by molar-refractivity contribution is 5.87. The molecular weight excluding hydrogens is 168 g/mol. The minimum absolute atomic E-state index is 0.0789. The van der Waals surface area contributed by atoms with Crippen LogP contribution in [0.25, 0.3) is 0 Å². The zero-order valence-electron chi connectivity index (χ0n) is 7.50. The lowest BCUT2D eigenvalue weighted by Crippen LogP contribution is -2.05. The van der Waals surface area contributed by atoms with E-state index in [1.54, 1.807) is 19.9 Å². The predicted molar refractivity (Wildman–Crippen MR) is 46.9 cm³/mol. The Kier molecular flexibility index (Phi) is 1.55. The highest BCUT2D eigenvalue weighted by atomic mass is 16.5. The van der Waals surface area contributed by atoms with Crippen LogP contribution in [-0.4, -0.2) is 11.1 Å². The van der Waals surface area contributed by atoms with Crippen molar-refractivity contribution in [3.8, 4) is 11.5 Å². The van der Waals surface area contributed by atoms with E-state index in [0.717, 1.165) is 11.1 Å². The zero-order valence-corrected chi connectivity index (χ0v) is 7.50. The van der Waals surface area contributed by atoms with E-state index in [9.17, 15) is 9.90 Å². The van der Waals surface area contributed by atoms with Gasteiger partial charge in [0.05, 0.1) is 5.92 Å². The summed E-state index contributed by atoms with van der Waals surface area (Å²) in [4.78, 5) is 11.2. The molecule has 1 aliphatic rings. The van der Waals surface area contributed by atoms with Crippen molar-refractivity contribution in [2.24, 2.45) is 0 Å². The summed E-state index contributed by atoms with van der Waals surface area (Å²) < 4.78 is 4.94. The van der Waals surface area contributed by atoms with Gasteiger partial charge in [-0.3, -0.25) is 4.79 Å². The first kappa shape index (κ1) is 8.10. The molecule has 0 aromatic heterocycles. The molecule has 0 aliphatic carbocycles. The normalized spacial score (nSPS) is 19.8. The number of hydrogen-bond donors (Lipinski definition) is 1. The van der Waals surface area contributed by atoms with Gasteiger partial charge >= 0.3 is 5.97 Å². The summed E-state index contributed by atoms with van der Waals surface area (Å²) in [6.45, 7) is 3.54. The molecule has 2 rings (SSSR count). The second kappa shape index (κ2) is 2.49. The van der Waals surface area contributed by atoms with Gasteiger partial charge in [-0.25, -0.2) is 0 Å². The number of phenolic OH excluding ortho intramolecular Hbond substituents is 1. The summed E-state index contributed by atoms with van der Waals surface area (Å²) >= 11 is 0. The van der Waals surface area contributed by atoms with Gasteiger partial charge in [0.25, 0.3) is 0 Å². The lowest BCUT2D eigenvalue weighted by molar-refractivity contribution is -0.133. The number of hydrogen-bond acceptors (Lipinski definition) is 3. The molecule has 1 unspecified atom stereocenters. The molecule has 0 amide bonds. The van der Waals surface area contributed by atoms with E-state index < -0.39 is 0 Å². The number of aryl methyl sites for hydroxylation is 1. The largest absolute Gasteiger partial charge is 0.504 e. The van der Waals surface area contributed by atoms with Gasteiger partial charge in [-0.05, 0) is 19.4 Å². The van der Waals surface area contributed by atoms with Crippen LogP contribution in [0.4, 0.5) is 0 Å². The highest BCUT2D eigenvalue weighted by Gasteiger charge is 2.31. The van der Waals surface area contributed by atoms with E-state index in [0.29, 0.717) is 5.75 Å². The SMILES string of the molecule is Cc1ccc2c(c1O)OC(=O)C2C. The summed E-state index contributed by atoms with van der Waals surface area (Å²) in [5, 5.41) is 9.58. The Morgan fingerprint density at radius 2 is 2.15 bits per heavy atom. The average molecular weight is 178 g/mol. The predicted octanol–water partition coefficient (Wildman–Crippen LogP) is 1.72. The van der Waals surface area contributed by atoms with Crippen LogP contribution in [0.3, 0.4) is 0 Å². The van der Waals surface area contributed by atoms with Crippen LogP contribution < -0.4 is 4.74 Å². The zero-order chi connectivity index (χ0) is 9.59. The molecule has 13 heavy (non-hydrogen) atoms. The molecule has 1 atom stereocenters. The fraction of sp³-hybridized carbons (Fsp3) is 0.300. The van der Waals surface area contributed by atoms with Crippen LogP contribution >= 0.6 is 0 Å². The number of rotatable bonds is 0. The first-order valence-corrected chi connectivity index (χ1v) is 4.15. The van der Waals surface area contributed by atoms with Gasteiger partial charge in [-0.2, -0.15) is 0 Å². The maximum atomic E-state index is 11.2. The number of phenols is 1. The highest BCUT2D eigenvalue weighted by Crippen LogP contribution is 2.42. The number of carbonyl (C=O) groups excluding carboxylic acids is 1. The third-order valence-corrected chi connectivity index (χ3v) is 2.39.